The zero-order chi connectivity index (χ0) is 8.81. The molecule has 0 radical (unpaired) electrons. The van der Waals surface area contributed by atoms with Crippen LogP contribution >= 0.6 is 24.0 Å². The van der Waals surface area contributed by atoms with E-state index >= 15 is 0 Å². The monoisotopic (exact) mass is 293 g/mol. The molecule has 0 aromatic carbocycles. The molecule has 72 valence electrons. The van der Waals surface area contributed by atoms with Gasteiger partial charge >= 0.3 is 0 Å². The normalized spacial score (nSPS) is 10.4. The molecular formula is C7H12IN5. The summed E-state index contributed by atoms with van der Waals surface area (Å²) in [4.78, 5) is 7.96. The van der Waals surface area contributed by atoms with E-state index in [-0.39, 0.29) is 29.9 Å². The van der Waals surface area contributed by atoms with Gasteiger partial charge in [0.25, 0.3) is 0 Å². The molecule has 0 spiro atoms. The molecule has 0 aliphatic heterocycles. The number of guanidine groups is 1. The van der Waals surface area contributed by atoms with Crippen LogP contribution in [-0.4, -0.2) is 10.9 Å². The number of rotatable bonds is 2. The van der Waals surface area contributed by atoms with Gasteiger partial charge < -0.3 is 5.73 Å². The Hall–Kier alpha value is -0.890. The fraction of sp³-hybridized carbons (Fsp3) is 0.143. The lowest BCUT2D eigenvalue weighted by molar-refractivity contribution is 0.932. The second kappa shape index (κ2) is 6.61. The van der Waals surface area contributed by atoms with Crippen molar-refractivity contribution in [1.29, 1.82) is 0 Å². The topological polar surface area (TPSA) is 89.3 Å². The predicted octanol–water partition coefficient (Wildman–Crippen LogP) is -0.0224. The van der Waals surface area contributed by atoms with Gasteiger partial charge in [-0.2, -0.15) is 0 Å². The number of nitrogens with one attached hydrogen (secondary N) is 1. The van der Waals surface area contributed by atoms with Crippen molar-refractivity contribution in [2.75, 3.05) is 0 Å². The van der Waals surface area contributed by atoms with Crippen LogP contribution in [0.15, 0.2) is 29.4 Å². The molecule has 0 saturated carbocycles. The SMILES string of the molecule is I.NNC(N)=NCc1ccccn1. The van der Waals surface area contributed by atoms with E-state index in [4.69, 9.17) is 11.6 Å². The molecule has 6 heteroatoms. The Morgan fingerprint density at radius 3 is 2.85 bits per heavy atom. The Morgan fingerprint density at radius 2 is 2.31 bits per heavy atom. The molecule has 1 aromatic rings. The van der Waals surface area contributed by atoms with Gasteiger partial charge in [-0.1, -0.05) is 6.07 Å². The maximum absolute atomic E-state index is 5.31. The second-order valence-electron chi connectivity index (χ2n) is 2.17. The van der Waals surface area contributed by atoms with Crippen LogP contribution < -0.4 is 17.0 Å². The summed E-state index contributed by atoms with van der Waals surface area (Å²) in [6, 6.07) is 5.61. The smallest absolute Gasteiger partial charge is 0.203 e. The quantitative estimate of drug-likeness (QED) is 0.235. The number of nitrogens with two attached hydrogens (primary N) is 2. The first kappa shape index (κ1) is 12.1. The standard InChI is InChI=1S/C7H11N5.HI/c8-7(12-9)11-5-6-3-1-2-4-10-6;/h1-4H,5,9H2,(H3,8,11,12);1H. The second-order valence-corrected chi connectivity index (χ2v) is 2.17. The van der Waals surface area contributed by atoms with E-state index in [0.717, 1.165) is 5.69 Å². The predicted molar refractivity (Wildman–Crippen MR) is 62.3 cm³/mol. The van der Waals surface area contributed by atoms with E-state index in [1.165, 1.54) is 0 Å². The van der Waals surface area contributed by atoms with Gasteiger partial charge in [-0.25, -0.2) is 10.8 Å². The summed E-state index contributed by atoms with van der Waals surface area (Å²) in [6.07, 6.45) is 1.71. The molecule has 1 aromatic heterocycles. The highest BCUT2D eigenvalue weighted by Crippen LogP contribution is 1.94. The summed E-state index contributed by atoms with van der Waals surface area (Å²) < 4.78 is 0. The maximum atomic E-state index is 5.31. The van der Waals surface area contributed by atoms with Crippen molar-refractivity contribution >= 4 is 29.9 Å². The summed E-state index contributed by atoms with van der Waals surface area (Å²) >= 11 is 0. The zero-order valence-electron chi connectivity index (χ0n) is 6.97. The molecular weight excluding hydrogens is 281 g/mol. The van der Waals surface area contributed by atoms with E-state index in [2.05, 4.69) is 15.4 Å². The van der Waals surface area contributed by atoms with Crippen molar-refractivity contribution in [3.8, 4) is 0 Å². The van der Waals surface area contributed by atoms with Crippen LogP contribution in [0.1, 0.15) is 5.69 Å². The van der Waals surface area contributed by atoms with Crippen LogP contribution in [0.2, 0.25) is 0 Å². The first-order valence-corrected chi connectivity index (χ1v) is 3.49. The molecule has 0 unspecified atom stereocenters. The molecule has 5 N–H and O–H groups in total. The third-order valence-electron chi connectivity index (χ3n) is 1.29. The highest BCUT2D eigenvalue weighted by Gasteiger charge is 1.90. The Morgan fingerprint density at radius 1 is 1.54 bits per heavy atom. The van der Waals surface area contributed by atoms with Gasteiger partial charge in [0.15, 0.2) is 0 Å². The number of hydrogen-bond donors (Lipinski definition) is 3. The van der Waals surface area contributed by atoms with Crippen molar-refractivity contribution < 1.29 is 0 Å². The minimum atomic E-state index is 0. The number of hydrazine groups is 1. The minimum Gasteiger partial charge on any atom is -0.369 e. The Labute approximate surface area is 93.6 Å². The van der Waals surface area contributed by atoms with E-state index in [1.807, 2.05) is 18.2 Å². The minimum absolute atomic E-state index is 0. The van der Waals surface area contributed by atoms with Gasteiger partial charge in [0.1, 0.15) is 0 Å². The summed E-state index contributed by atoms with van der Waals surface area (Å²) in [6.45, 7) is 0.441. The van der Waals surface area contributed by atoms with Gasteiger partial charge in [0.05, 0.1) is 12.2 Å². The molecule has 1 rings (SSSR count). The molecule has 0 amide bonds. The number of pyridine rings is 1. The zero-order valence-corrected chi connectivity index (χ0v) is 9.30. The van der Waals surface area contributed by atoms with Crippen molar-refractivity contribution in [2.24, 2.45) is 16.6 Å². The molecule has 0 aliphatic carbocycles. The highest BCUT2D eigenvalue weighted by atomic mass is 127. The molecule has 0 bridgehead atoms. The van der Waals surface area contributed by atoms with Gasteiger partial charge in [-0.3, -0.25) is 10.4 Å². The third kappa shape index (κ3) is 4.63. The van der Waals surface area contributed by atoms with Crippen molar-refractivity contribution in [3.05, 3.63) is 30.1 Å². The third-order valence-corrected chi connectivity index (χ3v) is 1.29. The fourth-order valence-electron chi connectivity index (χ4n) is 0.703. The summed E-state index contributed by atoms with van der Waals surface area (Å²) in [5.41, 5.74) is 8.40. The lowest BCUT2D eigenvalue weighted by atomic mass is 10.3. The van der Waals surface area contributed by atoms with E-state index in [1.54, 1.807) is 6.20 Å². The number of hydrogen-bond acceptors (Lipinski definition) is 3. The molecule has 1 heterocycles. The fourth-order valence-corrected chi connectivity index (χ4v) is 0.703. The summed E-state index contributed by atoms with van der Waals surface area (Å²) in [5.74, 6) is 5.22. The first-order valence-electron chi connectivity index (χ1n) is 3.49. The average Bonchev–Trinajstić information content (AvgIpc) is 2.16. The van der Waals surface area contributed by atoms with Crippen molar-refractivity contribution in [2.45, 2.75) is 6.54 Å². The number of aliphatic imine (C=N–C) groups is 1. The Bertz CT molecular complexity index is 261. The largest absolute Gasteiger partial charge is 0.369 e. The molecule has 13 heavy (non-hydrogen) atoms. The molecule has 0 saturated heterocycles. The van der Waals surface area contributed by atoms with Gasteiger partial charge in [-0.15, -0.1) is 24.0 Å². The first-order chi connectivity index (χ1) is 5.83. The number of nitrogens with zero attached hydrogens (tertiary/aromatic N) is 2. The molecule has 5 nitrogen and oxygen atoms in total. The van der Waals surface area contributed by atoms with Crippen LogP contribution in [0, 0.1) is 0 Å². The Balaban J connectivity index is 0.00000144. The summed E-state index contributed by atoms with van der Waals surface area (Å²) in [7, 11) is 0. The van der Waals surface area contributed by atoms with E-state index in [0.29, 0.717) is 6.54 Å². The lowest BCUT2D eigenvalue weighted by Gasteiger charge is -1.97. The van der Waals surface area contributed by atoms with Crippen LogP contribution in [0.4, 0.5) is 0 Å². The van der Waals surface area contributed by atoms with E-state index < -0.39 is 0 Å². The van der Waals surface area contributed by atoms with Crippen molar-refractivity contribution in [3.63, 3.8) is 0 Å². The highest BCUT2D eigenvalue weighted by molar-refractivity contribution is 14.0. The van der Waals surface area contributed by atoms with Crippen LogP contribution in [0.5, 0.6) is 0 Å². The molecule has 0 fully saturated rings. The average molecular weight is 293 g/mol. The van der Waals surface area contributed by atoms with Crippen LogP contribution in [-0.2, 0) is 6.54 Å². The van der Waals surface area contributed by atoms with Gasteiger partial charge in [-0.05, 0) is 12.1 Å². The molecule has 0 atom stereocenters. The summed E-state index contributed by atoms with van der Waals surface area (Å²) in [5, 5.41) is 0. The van der Waals surface area contributed by atoms with Crippen LogP contribution in [0.25, 0.3) is 0 Å². The maximum Gasteiger partial charge on any atom is 0.203 e. The number of halogens is 1. The van der Waals surface area contributed by atoms with Crippen molar-refractivity contribution in [1.82, 2.24) is 10.4 Å². The van der Waals surface area contributed by atoms with Gasteiger partial charge in [0, 0.05) is 6.20 Å². The lowest BCUT2D eigenvalue weighted by Crippen LogP contribution is -2.37. The Kier molecular flexibility index (Phi) is 6.15. The van der Waals surface area contributed by atoms with E-state index in [9.17, 15) is 0 Å². The number of aromatic nitrogens is 1. The van der Waals surface area contributed by atoms with Crippen LogP contribution in [0.3, 0.4) is 0 Å². The van der Waals surface area contributed by atoms with Gasteiger partial charge in [0.2, 0.25) is 5.96 Å². The molecule has 0 aliphatic rings.